The second-order valence-corrected chi connectivity index (χ2v) is 6.78. The third kappa shape index (κ3) is 4.70. The van der Waals surface area contributed by atoms with Gasteiger partial charge in [-0.05, 0) is 31.8 Å². The number of fused-ring (bicyclic) bond motifs is 1. The third-order valence-corrected chi connectivity index (χ3v) is 4.48. The van der Waals surface area contributed by atoms with Crippen LogP contribution in [-0.4, -0.2) is 52.4 Å². The molecule has 136 valence electrons. The van der Waals surface area contributed by atoms with Crippen molar-refractivity contribution in [3.63, 3.8) is 0 Å². The second-order valence-electron chi connectivity index (χ2n) is 6.78. The van der Waals surface area contributed by atoms with Crippen molar-refractivity contribution in [3.8, 4) is 0 Å². The molecule has 1 amide bonds. The molecular formula is C21H26N4O. The summed E-state index contributed by atoms with van der Waals surface area (Å²) in [6.07, 6.45) is 2.29. The lowest BCUT2D eigenvalue weighted by Crippen LogP contribution is -2.36. The number of hydrogen-bond acceptors (Lipinski definition) is 3. The molecule has 0 saturated heterocycles. The minimum absolute atomic E-state index is 0.175. The Labute approximate surface area is 154 Å². The van der Waals surface area contributed by atoms with Crippen LogP contribution in [0.5, 0.6) is 0 Å². The van der Waals surface area contributed by atoms with E-state index in [0.717, 1.165) is 29.7 Å². The Bertz CT molecular complexity index is 841. The number of carbonyl (C=O) groups excluding carboxylic acids is 1. The number of para-hydroxylation sites is 2. The van der Waals surface area contributed by atoms with Gasteiger partial charge in [-0.2, -0.15) is 0 Å². The summed E-state index contributed by atoms with van der Waals surface area (Å²) >= 11 is 0. The van der Waals surface area contributed by atoms with Crippen LogP contribution in [0, 0.1) is 0 Å². The third-order valence-electron chi connectivity index (χ3n) is 4.48. The van der Waals surface area contributed by atoms with Crippen LogP contribution < -0.4 is 0 Å². The van der Waals surface area contributed by atoms with E-state index in [4.69, 9.17) is 0 Å². The molecule has 0 unspecified atom stereocenters. The first-order valence-electron chi connectivity index (χ1n) is 9.00. The van der Waals surface area contributed by atoms with Crippen molar-refractivity contribution in [1.29, 1.82) is 0 Å². The highest BCUT2D eigenvalue weighted by Crippen LogP contribution is 2.13. The molecule has 5 nitrogen and oxygen atoms in total. The van der Waals surface area contributed by atoms with Crippen molar-refractivity contribution in [2.45, 2.75) is 19.5 Å². The SMILES string of the molecule is CN(C)CCN(Cc1ccccc1)C(=O)CCn1cnc2ccccc21. The quantitative estimate of drug-likeness (QED) is 0.627. The molecule has 1 heterocycles. The molecule has 5 heteroatoms. The number of benzene rings is 2. The summed E-state index contributed by atoms with van der Waals surface area (Å²) in [7, 11) is 4.06. The van der Waals surface area contributed by atoms with Crippen LogP contribution in [0.3, 0.4) is 0 Å². The predicted octanol–water partition coefficient (Wildman–Crippen LogP) is 3.02. The van der Waals surface area contributed by atoms with Crippen LogP contribution in [0.1, 0.15) is 12.0 Å². The lowest BCUT2D eigenvalue weighted by atomic mass is 10.2. The number of carbonyl (C=O) groups is 1. The molecule has 0 spiro atoms. The van der Waals surface area contributed by atoms with Crippen LogP contribution in [-0.2, 0) is 17.9 Å². The zero-order valence-corrected chi connectivity index (χ0v) is 15.5. The number of aromatic nitrogens is 2. The maximum Gasteiger partial charge on any atom is 0.224 e. The van der Waals surface area contributed by atoms with Crippen molar-refractivity contribution in [2.24, 2.45) is 0 Å². The zero-order chi connectivity index (χ0) is 18.4. The van der Waals surface area contributed by atoms with Gasteiger partial charge < -0.3 is 14.4 Å². The highest BCUT2D eigenvalue weighted by molar-refractivity contribution is 5.77. The van der Waals surface area contributed by atoms with Gasteiger partial charge in [0, 0.05) is 32.6 Å². The number of likely N-dealkylation sites (N-methyl/N-ethyl adjacent to an activating group) is 1. The molecule has 0 atom stereocenters. The van der Waals surface area contributed by atoms with Crippen molar-refractivity contribution < 1.29 is 4.79 Å². The first-order valence-corrected chi connectivity index (χ1v) is 9.00. The highest BCUT2D eigenvalue weighted by Gasteiger charge is 2.15. The molecular weight excluding hydrogens is 324 g/mol. The summed E-state index contributed by atoms with van der Waals surface area (Å²) in [6, 6.07) is 18.2. The van der Waals surface area contributed by atoms with Gasteiger partial charge in [-0.25, -0.2) is 4.98 Å². The molecule has 0 bridgehead atoms. The monoisotopic (exact) mass is 350 g/mol. The van der Waals surface area contributed by atoms with Crippen LogP contribution in [0.2, 0.25) is 0 Å². The average molecular weight is 350 g/mol. The first kappa shape index (κ1) is 18.1. The van der Waals surface area contributed by atoms with Gasteiger partial charge in [0.05, 0.1) is 17.4 Å². The van der Waals surface area contributed by atoms with Gasteiger partial charge >= 0.3 is 0 Å². The molecule has 0 saturated carbocycles. The summed E-state index contributed by atoms with van der Waals surface area (Å²) in [5, 5.41) is 0. The molecule has 1 aromatic heterocycles. The fraction of sp³-hybridized carbons (Fsp3) is 0.333. The van der Waals surface area contributed by atoms with Crippen LogP contribution in [0.15, 0.2) is 60.9 Å². The van der Waals surface area contributed by atoms with E-state index in [1.54, 1.807) is 0 Å². The van der Waals surface area contributed by atoms with Crippen molar-refractivity contribution in [3.05, 3.63) is 66.5 Å². The Balaban J connectivity index is 1.66. The maximum atomic E-state index is 12.9. The average Bonchev–Trinajstić information content (AvgIpc) is 3.07. The smallest absolute Gasteiger partial charge is 0.224 e. The minimum Gasteiger partial charge on any atom is -0.337 e. The van der Waals surface area contributed by atoms with E-state index in [1.807, 2.05) is 67.8 Å². The topological polar surface area (TPSA) is 41.4 Å². The standard InChI is InChI=1S/C21H26N4O/c1-23(2)14-15-24(16-18-8-4-3-5-9-18)21(26)12-13-25-17-22-19-10-6-7-11-20(19)25/h3-11,17H,12-16H2,1-2H3. The van der Waals surface area contributed by atoms with E-state index in [-0.39, 0.29) is 5.91 Å². The number of nitrogens with zero attached hydrogens (tertiary/aromatic N) is 4. The van der Waals surface area contributed by atoms with Crippen LogP contribution >= 0.6 is 0 Å². The molecule has 0 aliphatic heterocycles. The Kier molecular flexibility index (Phi) is 6.02. The van der Waals surface area contributed by atoms with Crippen LogP contribution in [0.25, 0.3) is 11.0 Å². The fourth-order valence-corrected chi connectivity index (χ4v) is 2.98. The van der Waals surface area contributed by atoms with Gasteiger partial charge in [0.2, 0.25) is 5.91 Å². The summed E-state index contributed by atoms with van der Waals surface area (Å²) in [4.78, 5) is 21.3. The van der Waals surface area contributed by atoms with Gasteiger partial charge in [-0.3, -0.25) is 4.79 Å². The van der Waals surface area contributed by atoms with Crippen molar-refractivity contribution >= 4 is 16.9 Å². The minimum atomic E-state index is 0.175. The molecule has 0 aliphatic rings. The Hall–Kier alpha value is -2.66. The van der Waals surface area contributed by atoms with E-state index < -0.39 is 0 Å². The number of rotatable bonds is 8. The normalized spacial score (nSPS) is 11.2. The lowest BCUT2D eigenvalue weighted by Gasteiger charge is -2.25. The van der Waals surface area contributed by atoms with E-state index in [1.165, 1.54) is 0 Å². The number of hydrogen-bond donors (Lipinski definition) is 0. The molecule has 2 aromatic carbocycles. The Morgan fingerprint density at radius 1 is 1.00 bits per heavy atom. The molecule has 0 N–H and O–H groups in total. The highest BCUT2D eigenvalue weighted by atomic mass is 16.2. The van der Waals surface area contributed by atoms with Gasteiger partial charge in [-0.1, -0.05) is 42.5 Å². The fourth-order valence-electron chi connectivity index (χ4n) is 2.98. The maximum absolute atomic E-state index is 12.9. The molecule has 0 radical (unpaired) electrons. The number of amides is 1. The van der Waals surface area contributed by atoms with E-state index in [9.17, 15) is 4.79 Å². The van der Waals surface area contributed by atoms with Gasteiger partial charge in [0.15, 0.2) is 0 Å². The zero-order valence-electron chi connectivity index (χ0n) is 15.5. The molecule has 3 aromatic rings. The van der Waals surface area contributed by atoms with Gasteiger partial charge in [-0.15, -0.1) is 0 Å². The number of imidazole rings is 1. The first-order chi connectivity index (χ1) is 12.6. The molecule has 3 rings (SSSR count). The largest absolute Gasteiger partial charge is 0.337 e. The summed E-state index contributed by atoms with van der Waals surface area (Å²) in [5.41, 5.74) is 3.20. The predicted molar refractivity (Wildman–Crippen MR) is 105 cm³/mol. The van der Waals surface area contributed by atoms with Crippen LogP contribution in [0.4, 0.5) is 0 Å². The molecule has 0 fully saturated rings. The Morgan fingerprint density at radius 2 is 1.73 bits per heavy atom. The summed E-state index contributed by atoms with van der Waals surface area (Å²) in [5.74, 6) is 0.175. The van der Waals surface area contributed by atoms with Gasteiger partial charge in [0.1, 0.15) is 0 Å². The molecule has 0 aliphatic carbocycles. The van der Waals surface area contributed by atoms with Crippen molar-refractivity contribution in [2.75, 3.05) is 27.2 Å². The van der Waals surface area contributed by atoms with E-state index in [0.29, 0.717) is 19.5 Å². The molecule has 26 heavy (non-hydrogen) atoms. The summed E-state index contributed by atoms with van der Waals surface area (Å²) < 4.78 is 2.06. The van der Waals surface area contributed by atoms with E-state index >= 15 is 0 Å². The Morgan fingerprint density at radius 3 is 2.50 bits per heavy atom. The van der Waals surface area contributed by atoms with E-state index in [2.05, 4.69) is 26.6 Å². The summed E-state index contributed by atoms with van der Waals surface area (Å²) in [6.45, 7) is 2.88. The van der Waals surface area contributed by atoms with Gasteiger partial charge in [0.25, 0.3) is 0 Å². The second kappa shape index (κ2) is 8.63. The lowest BCUT2D eigenvalue weighted by molar-refractivity contribution is -0.132. The van der Waals surface area contributed by atoms with Crippen molar-refractivity contribution in [1.82, 2.24) is 19.4 Å². The number of aryl methyl sites for hydroxylation is 1.